The molecule has 1 fully saturated rings. The minimum atomic E-state index is 0.158. The summed E-state index contributed by atoms with van der Waals surface area (Å²) in [5.74, 6) is 1.08. The second kappa shape index (κ2) is 4.10. The molecule has 1 heterocycles. The van der Waals surface area contributed by atoms with Gasteiger partial charge in [-0.25, -0.2) is 4.98 Å². The molecule has 15 heavy (non-hydrogen) atoms. The molecule has 0 aromatic carbocycles. The van der Waals surface area contributed by atoms with E-state index in [1.165, 1.54) is 11.5 Å². The van der Waals surface area contributed by atoms with Crippen LogP contribution in [0.5, 0.6) is 0 Å². The number of aryl methyl sites for hydroxylation is 1. The van der Waals surface area contributed by atoms with Gasteiger partial charge in [-0.3, -0.25) is 9.69 Å². The molecule has 0 aliphatic heterocycles. The molecule has 1 aromatic rings. The summed E-state index contributed by atoms with van der Waals surface area (Å²) in [6.45, 7) is 6.00. The van der Waals surface area contributed by atoms with E-state index in [1.807, 2.05) is 6.92 Å². The summed E-state index contributed by atoms with van der Waals surface area (Å²) in [6, 6.07) is 0. The smallest absolute Gasteiger partial charge is 0.232 e. The Labute approximate surface area is 92.8 Å². The van der Waals surface area contributed by atoms with Crippen LogP contribution in [0.15, 0.2) is 12.7 Å². The standard InChI is InChI=1S/C10H13N3OS/c1-3-6-13(9(14)8-4-5-8)10-11-7(2)12-15-10/h3,8H,1,4-6H2,2H3. The lowest BCUT2D eigenvalue weighted by Crippen LogP contribution is -2.32. The Morgan fingerprint density at radius 2 is 2.47 bits per heavy atom. The molecule has 0 N–H and O–H groups in total. The van der Waals surface area contributed by atoms with Gasteiger partial charge < -0.3 is 0 Å². The molecule has 0 unspecified atom stereocenters. The van der Waals surface area contributed by atoms with Gasteiger partial charge in [0.05, 0.1) is 0 Å². The molecule has 0 saturated heterocycles. The van der Waals surface area contributed by atoms with Gasteiger partial charge in [0.1, 0.15) is 5.82 Å². The second-order valence-corrected chi connectivity index (χ2v) is 4.37. The van der Waals surface area contributed by atoms with Crippen molar-refractivity contribution in [2.24, 2.45) is 5.92 Å². The summed E-state index contributed by atoms with van der Waals surface area (Å²) >= 11 is 1.27. The fourth-order valence-electron chi connectivity index (χ4n) is 1.34. The van der Waals surface area contributed by atoms with Gasteiger partial charge in [0.25, 0.3) is 0 Å². The molecule has 0 atom stereocenters. The summed E-state index contributed by atoms with van der Waals surface area (Å²) in [7, 11) is 0. The summed E-state index contributed by atoms with van der Waals surface area (Å²) in [5, 5.41) is 0.685. The van der Waals surface area contributed by atoms with Crippen molar-refractivity contribution in [3.05, 3.63) is 18.5 Å². The lowest BCUT2D eigenvalue weighted by Gasteiger charge is -2.16. The van der Waals surface area contributed by atoms with Crippen molar-refractivity contribution >= 4 is 22.6 Å². The van der Waals surface area contributed by atoms with Gasteiger partial charge in [-0.1, -0.05) is 6.08 Å². The highest BCUT2D eigenvalue weighted by Crippen LogP contribution is 2.33. The Morgan fingerprint density at radius 1 is 1.73 bits per heavy atom. The fraction of sp³-hybridized carbons (Fsp3) is 0.500. The van der Waals surface area contributed by atoms with Crippen LogP contribution in [0.1, 0.15) is 18.7 Å². The quantitative estimate of drug-likeness (QED) is 0.731. The number of nitrogens with zero attached hydrogens (tertiary/aromatic N) is 3. The monoisotopic (exact) mass is 223 g/mol. The van der Waals surface area contributed by atoms with Gasteiger partial charge in [0, 0.05) is 24.0 Å². The van der Waals surface area contributed by atoms with Crippen molar-refractivity contribution < 1.29 is 4.79 Å². The predicted octanol–water partition coefficient (Wildman–Crippen LogP) is 1.78. The van der Waals surface area contributed by atoms with Crippen LogP contribution in [0.25, 0.3) is 0 Å². The highest BCUT2D eigenvalue weighted by Gasteiger charge is 2.34. The zero-order valence-corrected chi connectivity index (χ0v) is 9.46. The first-order chi connectivity index (χ1) is 7.22. The Balaban J connectivity index is 2.17. The molecular formula is C10H13N3OS. The normalized spacial score (nSPS) is 15.0. The predicted molar refractivity (Wildman–Crippen MR) is 59.9 cm³/mol. The first-order valence-electron chi connectivity index (χ1n) is 4.95. The Morgan fingerprint density at radius 3 is 2.93 bits per heavy atom. The van der Waals surface area contributed by atoms with E-state index in [4.69, 9.17) is 0 Å². The van der Waals surface area contributed by atoms with Gasteiger partial charge in [0.15, 0.2) is 0 Å². The number of aromatic nitrogens is 2. The van der Waals surface area contributed by atoms with E-state index < -0.39 is 0 Å². The van der Waals surface area contributed by atoms with E-state index in [0.29, 0.717) is 17.5 Å². The summed E-state index contributed by atoms with van der Waals surface area (Å²) < 4.78 is 4.08. The molecule has 4 nitrogen and oxygen atoms in total. The average Bonchev–Trinajstić information content (AvgIpc) is 2.98. The zero-order chi connectivity index (χ0) is 10.8. The molecule has 1 aliphatic carbocycles. The van der Waals surface area contributed by atoms with E-state index in [0.717, 1.165) is 12.8 Å². The van der Waals surface area contributed by atoms with Gasteiger partial charge in [-0.05, 0) is 19.8 Å². The third-order valence-electron chi connectivity index (χ3n) is 2.25. The van der Waals surface area contributed by atoms with Gasteiger partial charge in [0.2, 0.25) is 11.0 Å². The highest BCUT2D eigenvalue weighted by molar-refractivity contribution is 7.09. The maximum Gasteiger partial charge on any atom is 0.232 e. The fourth-order valence-corrected chi connectivity index (χ4v) is 2.03. The second-order valence-electron chi connectivity index (χ2n) is 3.64. The van der Waals surface area contributed by atoms with E-state index in [9.17, 15) is 4.79 Å². The molecule has 0 bridgehead atoms. The van der Waals surface area contributed by atoms with Gasteiger partial charge >= 0.3 is 0 Å². The number of amides is 1. The molecule has 5 heteroatoms. The number of hydrogen-bond acceptors (Lipinski definition) is 4. The van der Waals surface area contributed by atoms with Crippen molar-refractivity contribution in [1.29, 1.82) is 0 Å². The van der Waals surface area contributed by atoms with Crippen molar-refractivity contribution in [1.82, 2.24) is 9.36 Å². The molecule has 80 valence electrons. The maximum atomic E-state index is 11.9. The third-order valence-corrected chi connectivity index (χ3v) is 3.08. The van der Waals surface area contributed by atoms with Crippen molar-refractivity contribution in [2.75, 3.05) is 11.4 Å². The van der Waals surface area contributed by atoms with Crippen LogP contribution >= 0.6 is 11.5 Å². The van der Waals surface area contributed by atoms with Crippen molar-refractivity contribution in [2.45, 2.75) is 19.8 Å². The Hall–Kier alpha value is -1.23. The first-order valence-corrected chi connectivity index (χ1v) is 5.72. The Kier molecular flexibility index (Phi) is 2.81. The van der Waals surface area contributed by atoms with Crippen LogP contribution in [0, 0.1) is 12.8 Å². The van der Waals surface area contributed by atoms with Crippen LogP contribution in [0.3, 0.4) is 0 Å². The topological polar surface area (TPSA) is 46.1 Å². The summed E-state index contributed by atoms with van der Waals surface area (Å²) in [4.78, 5) is 17.8. The van der Waals surface area contributed by atoms with Gasteiger partial charge in [-0.2, -0.15) is 4.37 Å². The van der Waals surface area contributed by atoms with Crippen molar-refractivity contribution in [3.63, 3.8) is 0 Å². The number of carbonyl (C=O) groups is 1. The minimum absolute atomic E-state index is 0.158. The first kappa shape index (κ1) is 10.3. The zero-order valence-electron chi connectivity index (χ0n) is 8.64. The number of hydrogen-bond donors (Lipinski definition) is 0. The molecule has 0 radical (unpaired) electrons. The number of rotatable bonds is 4. The summed E-state index contributed by atoms with van der Waals surface area (Å²) in [6.07, 6.45) is 3.73. The number of anilines is 1. The van der Waals surface area contributed by atoms with E-state index in [2.05, 4.69) is 15.9 Å². The molecule has 1 saturated carbocycles. The average molecular weight is 223 g/mol. The molecule has 2 rings (SSSR count). The molecule has 1 aliphatic rings. The number of carbonyl (C=O) groups excluding carboxylic acids is 1. The van der Waals surface area contributed by atoms with Crippen LogP contribution < -0.4 is 4.90 Å². The largest absolute Gasteiger partial charge is 0.283 e. The van der Waals surface area contributed by atoms with Crippen LogP contribution in [-0.4, -0.2) is 21.8 Å². The Bertz CT molecular complexity index is 384. The molecule has 1 aromatic heterocycles. The van der Waals surface area contributed by atoms with Gasteiger partial charge in [-0.15, -0.1) is 6.58 Å². The lowest BCUT2D eigenvalue weighted by atomic mass is 10.3. The van der Waals surface area contributed by atoms with E-state index in [-0.39, 0.29) is 11.8 Å². The molecular weight excluding hydrogens is 210 g/mol. The maximum absolute atomic E-state index is 11.9. The van der Waals surface area contributed by atoms with Crippen LogP contribution in [0.2, 0.25) is 0 Å². The minimum Gasteiger partial charge on any atom is -0.283 e. The van der Waals surface area contributed by atoms with Crippen LogP contribution in [0.4, 0.5) is 5.13 Å². The SMILES string of the molecule is C=CCN(C(=O)C1CC1)c1nc(C)ns1. The van der Waals surface area contributed by atoms with E-state index in [1.54, 1.807) is 11.0 Å². The van der Waals surface area contributed by atoms with E-state index >= 15 is 0 Å². The van der Waals surface area contributed by atoms with Crippen molar-refractivity contribution in [3.8, 4) is 0 Å². The molecule has 0 spiro atoms. The third kappa shape index (κ3) is 2.23. The van der Waals surface area contributed by atoms with Crippen LogP contribution in [-0.2, 0) is 4.79 Å². The highest BCUT2D eigenvalue weighted by atomic mass is 32.1. The molecule has 1 amide bonds. The summed E-state index contributed by atoms with van der Waals surface area (Å²) in [5.41, 5.74) is 0. The lowest BCUT2D eigenvalue weighted by molar-refractivity contribution is -0.119.